The van der Waals surface area contributed by atoms with Gasteiger partial charge in [0.25, 0.3) is 0 Å². The van der Waals surface area contributed by atoms with E-state index < -0.39 is 0 Å². The van der Waals surface area contributed by atoms with Crippen LogP contribution in [0.5, 0.6) is 0 Å². The molecule has 1 aromatic carbocycles. The Bertz CT molecular complexity index is 651. The third-order valence-electron chi connectivity index (χ3n) is 2.84. The zero-order valence-electron chi connectivity index (χ0n) is 10.3. The summed E-state index contributed by atoms with van der Waals surface area (Å²) >= 11 is 0. The Balaban J connectivity index is 1.99. The van der Waals surface area contributed by atoms with E-state index in [0.717, 1.165) is 22.6 Å². The molecule has 2 heterocycles. The molecule has 0 saturated carbocycles. The van der Waals surface area contributed by atoms with Crippen molar-refractivity contribution >= 4 is 11.5 Å². The SMILES string of the molecule is c1ccc(Nc2ncccc2-c2ccncc2)cc1. The van der Waals surface area contributed by atoms with Gasteiger partial charge in [0.1, 0.15) is 5.82 Å². The first-order chi connectivity index (χ1) is 9.43. The van der Waals surface area contributed by atoms with Crippen molar-refractivity contribution < 1.29 is 0 Å². The molecule has 0 radical (unpaired) electrons. The number of anilines is 2. The molecule has 0 saturated heterocycles. The quantitative estimate of drug-likeness (QED) is 0.763. The van der Waals surface area contributed by atoms with Gasteiger partial charge >= 0.3 is 0 Å². The molecule has 0 fully saturated rings. The maximum atomic E-state index is 4.42. The standard InChI is InChI=1S/C16H13N3/c1-2-5-14(6-3-1)19-16-15(7-4-10-18-16)13-8-11-17-12-9-13/h1-12H,(H,18,19). The van der Waals surface area contributed by atoms with Crippen molar-refractivity contribution in [2.75, 3.05) is 5.32 Å². The molecule has 0 spiro atoms. The number of hydrogen-bond acceptors (Lipinski definition) is 3. The number of hydrogen-bond donors (Lipinski definition) is 1. The summed E-state index contributed by atoms with van der Waals surface area (Å²) in [6.07, 6.45) is 5.36. The van der Waals surface area contributed by atoms with E-state index in [-0.39, 0.29) is 0 Å². The van der Waals surface area contributed by atoms with E-state index in [1.807, 2.05) is 54.6 Å². The molecule has 3 heteroatoms. The Hall–Kier alpha value is -2.68. The molecule has 0 aliphatic rings. The Kier molecular flexibility index (Phi) is 3.19. The first-order valence-corrected chi connectivity index (χ1v) is 6.11. The maximum absolute atomic E-state index is 4.42. The van der Waals surface area contributed by atoms with Gasteiger partial charge < -0.3 is 5.32 Å². The summed E-state index contributed by atoms with van der Waals surface area (Å²) in [5, 5.41) is 3.34. The van der Waals surface area contributed by atoms with E-state index in [1.165, 1.54) is 0 Å². The fourth-order valence-electron chi connectivity index (χ4n) is 1.93. The number of rotatable bonds is 3. The lowest BCUT2D eigenvalue weighted by Crippen LogP contribution is -1.95. The van der Waals surface area contributed by atoms with Crippen LogP contribution in [0.4, 0.5) is 11.5 Å². The Labute approximate surface area is 112 Å². The van der Waals surface area contributed by atoms with Crippen LogP contribution in [-0.2, 0) is 0 Å². The predicted octanol–water partition coefficient (Wildman–Crippen LogP) is 3.89. The molecule has 2 aromatic heterocycles. The summed E-state index contributed by atoms with van der Waals surface area (Å²) in [6.45, 7) is 0. The molecule has 0 aliphatic carbocycles. The van der Waals surface area contributed by atoms with Gasteiger partial charge in [0, 0.05) is 29.8 Å². The minimum absolute atomic E-state index is 0.847. The highest BCUT2D eigenvalue weighted by Gasteiger charge is 2.05. The van der Waals surface area contributed by atoms with E-state index in [1.54, 1.807) is 18.6 Å². The zero-order chi connectivity index (χ0) is 12.9. The number of pyridine rings is 2. The minimum atomic E-state index is 0.847. The van der Waals surface area contributed by atoms with Crippen molar-refractivity contribution in [2.24, 2.45) is 0 Å². The normalized spacial score (nSPS) is 10.1. The van der Waals surface area contributed by atoms with Crippen LogP contribution in [0.2, 0.25) is 0 Å². The second-order valence-corrected chi connectivity index (χ2v) is 4.13. The molecule has 1 N–H and O–H groups in total. The molecule has 0 amide bonds. The van der Waals surface area contributed by atoms with Gasteiger partial charge in [-0.05, 0) is 42.0 Å². The molecular weight excluding hydrogens is 234 g/mol. The van der Waals surface area contributed by atoms with Gasteiger partial charge in [-0.2, -0.15) is 0 Å². The fraction of sp³-hybridized carbons (Fsp3) is 0. The van der Waals surface area contributed by atoms with Gasteiger partial charge in [0.2, 0.25) is 0 Å². The summed E-state index contributed by atoms with van der Waals surface area (Å²) in [5.41, 5.74) is 3.19. The van der Waals surface area contributed by atoms with Gasteiger partial charge in [0.15, 0.2) is 0 Å². The van der Waals surface area contributed by atoms with Crippen LogP contribution in [0.3, 0.4) is 0 Å². The molecule has 0 aliphatic heterocycles. The lowest BCUT2D eigenvalue weighted by molar-refractivity contribution is 1.29. The Morgan fingerprint density at radius 2 is 1.53 bits per heavy atom. The van der Waals surface area contributed by atoms with E-state index in [9.17, 15) is 0 Å². The highest BCUT2D eigenvalue weighted by atomic mass is 15.0. The monoisotopic (exact) mass is 247 g/mol. The molecule has 3 aromatic rings. The van der Waals surface area contributed by atoms with Gasteiger partial charge in [-0.1, -0.05) is 18.2 Å². The van der Waals surface area contributed by atoms with Gasteiger partial charge in [-0.3, -0.25) is 4.98 Å². The molecular formula is C16H13N3. The van der Waals surface area contributed by atoms with Crippen LogP contribution < -0.4 is 5.32 Å². The third-order valence-corrected chi connectivity index (χ3v) is 2.84. The lowest BCUT2D eigenvalue weighted by Gasteiger charge is -2.10. The summed E-state index contributed by atoms with van der Waals surface area (Å²) in [7, 11) is 0. The topological polar surface area (TPSA) is 37.8 Å². The highest BCUT2D eigenvalue weighted by Crippen LogP contribution is 2.27. The van der Waals surface area contributed by atoms with Crippen LogP contribution in [0.1, 0.15) is 0 Å². The van der Waals surface area contributed by atoms with E-state index in [2.05, 4.69) is 15.3 Å². The van der Waals surface area contributed by atoms with Crippen molar-refractivity contribution in [1.29, 1.82) is 0 Å². The third kappa shape index (κ3) is 2.60. The van der Waals surface area contributed by atoms with Crippen LogP contribution >= 0.6 is 0 Å². The zero-order valence-corrected chi connectivity index (χ0v) is 10.3. The van der Waals surface area contributed by atoms with Crippen molar-refractivity contribution in [2.45, 2.75) is 0 Å². The fourth-order valence-corrected chi connectivity index (χ4v) is 1.93. The number of nitrogens with one attached hydrogen (secondary N) is 1. The molecule has 92 valence electrons. The average Bonchev–Trinajstić information content (AvgIpc) is 2.50. The van der Waals surface area contributed by atoms with Crippen molar-refractivity contribution in [3.05, 3.63) is 73.2 Å². The van der Waals surface area contributed by atoms with Crippen LogP contribution in [0.15, 0.2) is 73.2 Å². The van der Waals surface area contributed by atoms with Crippen molar-refractivity contribution in [3.63, 3.8) is 0 Å². The first kappa shape index (κ1) is 11.4. The van der Waals surface area contributed by atoms with Crippen LogP contribution in [-0.4, -0.2) is 9.97 Å². The van der Waals surface area contributed by atoms with Crippen molar-refractivity contribution in [1.82, 2.24) is 9.97 Å². The summed E-state index contributed by atoms with van der Waals surface area (Å²) < 4.78 is 0. The van der Waals surface area contributed by atoms with Crippen molar-refractivity contribution in [3.8, 4) is 11.1 Å². The molecule has 3 nitrogen and oxygen atoms in total. The second-order valence-electron chi connectivity index (χ2n) is 4.13. The van der Waals surface area contributed by atoms with Crippen LogP contribution in [0.25, 0.3) is 11.1 Å². The highest BCUT2D eigenvalue weighted by molar-refractivity contribution is 5.77. The van der Waals surface area contributed by atoms with Gasteiger partial charge in [-0.25, -0.2) is 4.98 Å². The van der Waals surface area contributed by atoms with E-state index in [4.69, 9.17) is 0 Å². The average molecular weight is 247 g/mol. The lowest BCUT2D eigenvalue weighted by atomic mass is 10.1. The van der Waals surface area contributed by atoms with Gasteiger partial charge in [0.05, 0.1) is 0 Å². The second kappa shape index (κ2) is 5.31. The first-order valence-electron chi connectivity index (χ1n) is 6.11. The predicted molar refractivity (Wildman–Crippen MR) is 77.2 cm³/mol. The Morgan fingerprint density at radius 3 is 2.32 bits per heavy atom. The van der Waals surface area contributed by atoms with Crippen LogP contribution in [0, 0.1) is 0 Å². The number of nitrogens with zero attached hydrogens (tertiary/aromatic N) is 2. The number of aromatic nitrogens is 2. The van der Waals surface area contributed by atoms with Gasteiger partial charge in [-0.15, -0.1) is 0 Å². The number of benzene rings is 1. The molecule has 3 rings (SSSR count). The molecule has 0 unspecified atom stereocenters. The summed E-state index contributed by atoms with van der Waals surface area (Å²) in [6, 6.07) is 18.0. The molecule has 19 heavy (non-hydrogen) atoms. The summed E-state index contributed by atoms with van der Waals surface area (Å²) in [4.78, 5) is 8.46. The largest absolute Gasteiger partial charge is 0.340 e. The molecule has 0 atom stereocenters. The summed E-state index contributed by atoms with van der Waals surface area (Å²) in [5.74, 6) is 0.847. The Morgan fingerprint density at radius 1 is 0.737 bits per heavy atom. The maximum Gasteiger partial charge on any atom is 0.138 e. The minimum Gasteiger partial charge on any atom is -0.340 e. The molecule has 0 bridgehead atoms. The van der Waals surface area contributed by atoms with E-state index in [0.29, 0.717) is 0 Å². The number of para-hydroxylation sites is 1. The smallest absolute Gasteiger partial charge is 0.138 e. The van der Waals surface area contributed by atoms with E-state index >= 15 is 0 Å².